The molecule has 102 valence electrons. The zero-order valence-electron chi connectivity index (χ0n) is 11.0. The van der Waals surface area contributed by atoms with Crippen molar-refractivity contribution in [2.24, 2.45) is 0 Å². The smallest absolute Gasteiger partial charge is 0.355 e. The van der Waals surface area contributed by atoms with E-state index in [0.29, 0.717) is 5.56 Å². The molecule has 0 amide bonds. The number of carbonyl (C=O) groups is 1. The lowest BCUT2D eigenvalue weighted by Gasteiger charge is -2.08. The van der Waals surface area contributed by atoms with Crippen molar-refractivity contribution in [2.75, 3.05) is 0 Å². The molecule has 5 nitrogen and oxygen atoms in total. The predicted molar refractivity (Wildman–Crippen MR) is 77.7 cm³/mol. The molecule has 3 aromatic heterocycles. The number of pyridine rings is 3. The molecule has 0 aliphatic carbocycles. The van der Waals surface area contributed by atoms with Gasteiger partial charge in [-0.3, -0.25) is 9.97 Å². The first kappa shape index (κ1) is 12.9. The van der Waals surface area contributed by atoms with Crippen LogP contribution in [0.1, 0.15) is 10.5 Å². The maximum Gasteiger partial charge on any atom is 0.355 e. The molecule has 0 aliphatic heterocycles. The summed E-state index contributed by atoms with van der Waals surface area (Å²) in [4.78, 5) is 23.4. The third-order valence-corrected chi connectivity index (χ3v) is 3.10. The zero-order valence-corrected chi connectivity index (χ0v) is 11.0. The molecule has 0 aliphatic rings. The van der Waals surface area contributed by atoms with Crippen LogP contribution in [0.15, 0.2) is 61.3 Å². The van der Waals surface area contributed by atoms with Gasteiger partial charge in [-0.1, -0.05) is 0 Å². The zero-order chi connectivity index (χ0) is 14.7. The summed E-state index contributed by atoms with van der Waals surface area (Å²) in [6.07, 6.45) is 8.18. The molecule has 3 rings (SSSR count). The van der Waals surface area contributed by atoms with Crippen LogP contribution >= 0.6 is 0 Å². The molecule has 1 N–H and O–H groups in total. The third-order valence-electron chi connectivity index (χ3n) is 3.10. The number of nitrogens with zero attached hydrogens (tertiary/aromatic N) is 3. The number of carboxylic acids is 1. The highest BCUT2D eigenvalue weighted by atomic mass is 16.4. The topological polar surface area (TPSA) is 76.0 Å². The molecule has 0 saturated heterocycles. The van der Waals surface area contributed by atoms with E-state index in [0.717, 1.165) is 16.7 Å². The molecule has 0 fully saturated rings. The Kier molecular flexibility index (Phi) is 3.39. The second-order valence-corrected chi connectivity index (χ2v) is 4.40. The standard InChI is InChI=1S/C16H11N3O2/c20-16(21)15-14(12-3-7-18-8-4-12)9-13(10-19-15)11-1-5-17-6-2-11/h1-10H,(H,20,21). The van der Waals surface area contributed by atoms with Crippen molar-refractivity contribution in [2.45, 2.75) is 0 Å². The van der Waals surface area contributed by atoms with E-state index < -0.39 is 5.97 Å². The van der Waals surface area contributed by atoms with Crippen LogP contribution in [-0.4, -0.2) is 26.0 Å². The predicted octanol–water partition coefficient (Wildman–Crippen LogP) is 2.90. The second-order valence-electron chi connectivity index (χ2n) is 4.40. The van der Waals surface area contributed by atoms with Crippen molar-refractivity contribution in [1.82, 2.24) is 15.0 Å². The van der Waals surface area contributed by atoms with Gasteiger partial charge in [-0.05, 0) is 41.5 Å². The average Bonchev–Trinajstić information content (AvgIpc) is 2.56. The molecule has 3 heterocycles. The van der Waals surface area contributed by atoms with E-state index >= 15 is 0 Å². The highest BCUT2D eigenvalue weighted by Gasteiger charge is 2.14. The Morgan fingerprint density at radius 3 is 2.00 bits per heavy atom. The minimum atomic E-state index is -1.05. The maximum atomic E-state index is 11.4. The van der Waals surface area contributed by atoms with Crippen molar-refractivity contribution in [1.29, 1.82) is 0 Å². The summed E-state index contributed by atoms with van der Waals surface area (Å²) >= 11 is 0. The molecule has 0 bridgehead atoms. The van der Waals surface area contributed by atoms with Crippen molar-refractivity contribution in [3.8, 4) is 22.3 Å². The molecule has 0 radical (unpaired) electrons. The first-order chi connectivity index (χ1) is 10.3. The summed E-state index contributed by atoms with van der Waals surface area (Å²) < 4.78 is 0. The lowest BCUT2D eigenvalue weighted by Crippen LogP contribution is -2.03. The Labute approximate surface area is 121 Å². The van der Waals surface area contributed by atoms with Crippen LogP contribution in [-0.2, 0) is 0 Å². The van der Waals surface area contributed by atoms with E-state index in [-0.39, 0.29) is 5.69 Å². The third kappa shape index (κ3) is 2.62. The lowest BCUT2D eigenvalue weighted by atomic mass is 10.0. The van der Waals surface area contributed by atoms with Gasteiger partial charge < -0.3 is 5.11 Å². The minimum Gasteiger partial charge on any atom is -0.476 e. The Bertz CT molecular complexity index is 774. The van der Waals surface area contributed by atoms with Crippen molar-refractivity contribution < 1.29 is 9.90 Å². The van der Waals surface area contributed by atoms with Gasteiger partial charge in [-0.15, -0.1) is 0 Å². The molecule has 3 aromatic rings. The Hall–Kier alpha value is -3.08. The monoisotopic (exact) mass is 277 g/mol. The number of aromatic nitrogens is 3. The fraction of sp³-hybridized carbons (Fsp3) is 0. The van der Waals surface area contributed by atoms with Crippen LogP contribution in [0.2, 0.25) is 0 Å². The fourth-order valence-corrected chi connectivity index (χ4v) is 2.09. The van der Waals surface area contributed by atoms with Gasteiger partial charge in [0, 0.05) is 42.1 Å². The number of hydrogen-bond acceptors (Lipinski definition) is 4. The van der Waals surface area contributed by atoms with Gasteiger partial charge in [0.1, 0.15) is 0 Å². The number of carboxylic acid groups (broad SMARTS) is 1. The Morgan fingerprint density at radius 2 is 1.43 bits per heavy atom. The molecule has 0 unspecified atom stereocenters. The molecular weight excluding hydrogens is 266 g/mol. The van der Waals surface area contributed by atoms with Gasteiger partial charge in [0.15, 0.2) is 5.69 Å². The van der Waals surface area contributed by atoms with Crippen molar-refractivity contribution >= 4 is 5.97 Å². The van der Waals surface area contributed by atoms with E-state index in [1.165, 1.54) is 0 Å². The first-order valence-corrected chi connectivity index (χ1v) is 6.30. The van der Waals surface area contributed by atoms with Gasteiger partial charge in [0.2, 0.25) is 0 Å². The Balaban J connectivity index is 2.18. The van der Waals surface area contributed by atoms with Crippen LogP contribution < -0.4 is 0 Å². The fourth-order valence-electron chi connectivity index (χ4n) is 2.09. The number of aromatic carboxylic acids is 1. The average molecular weight is 277 g/mol. The van der Waals surface area contributed by atoms with E-state index in [9.17, 15) is 9.90 Å². The molecular formula is C16H11N3O2. The lowest BCUT2D eigenvalue weighted by molar-refractivity contribution is 0.0691. The van der Waals surface area contributed by atoms with Gasteiger partial charge >= 0.3 is 5.97 Å². The van der Waals surface area contributed by atoms with E-state index in [1.54, 1.807) is 43.1 Å². The maximum absolute atomic E-state index is 11.4. The second kappa shape index (κ2) is 5.50. The summed E-state index contributed by atoms with van der Waals surface area (Å²) in [7, 11) is 0. The molecule has 21 heavy (non-hydrogen) atoms. The van der Waals surface area contributed by atoms with E-state index in [4.69, 9.17) is 0 Å². The highest BCUT2D eigenvalue weighted by molar-refractivity contribution is 5.94. The number of rotatable bonds is 3. The van der Waals surface area contributed by atoms with Gasteiger partial charge in [-0.2, -0.15) is 0 Å². The van der Waals surface area contributed by atoms with Gasteiger partial charge in [0.25, 0.3) is 0 Å². The van der Waals surface area contributed by atoms with E-state index in [2.05, 4.69) is 15.0 Å². The normalized spacial score (nSPS) is 10.3. The van der Waals surface area contributed by atoms with Crippen LogP contribution in [0.3, 0.4) is 0 Å². The molecule has 0 saturated carbocycles. The summed E-state index contributed by atoms with van der Waals surface area (Å²) in [5.74, 6) is -1.05. The van der Waals surface area contributed by atoms with Crippen LogP contribution in [0.25, 0.3) is 22.3 Å². The van der Waals surface area contributed by atoms with Gasteiger partial charge in [-0.25, -0.2) is 9.78 Å². The summed E-state index contributed by atoms with van der Waals surface area (Å²) in [5.41, 5.74) is 3.14. The summed E-state index contributed by atoms with van der Waals surface area (Å²) in [6, 6.07) is 9.06. The van der Waals surface area contributed by atoms with Crippen molar-refractivity contribution in [3.63, 3.8) is 0 Å². The van der Waals surface area contributed by atoms with Crippen LogP contribution in [0, 0.1) is 0 Å². The van der Waals surface area contributed by atoms with Gasteiger partial charge in [0.05, 0.1) is 0 Å². The van der Waals surface area contributed by atoms with E-state index in [1.807, 2.05) is 18.2 Å². The highest BCUT2D eigenvalue weighted by Crippen LogP contribution is 2.27. The SMILES string of the molecule is O=C(O)c1ncc(-c2ccncc2)cc1-c1ccncc1. The summed E-state index contributed by atoms with van der Waals surface area (Å²) in [6.45, 7) is 0. The molecule has 5 heteroatoms. The Morgan fingerprint density at radius 1 is 0.857 bits per heavy atom. The quantitative estimate of drug-likeness (QED) is 0.796. The van der Waals surface area contributed by atoms with Crippen LogP contribution in [0.4, 0.5) is 0 Å². The summed E-state index contributed by atoms with van der Waals surface area (Å²) in [5, 5.41) is 9.30. The number of hydrogen-bond donors (Lipinski definition) is 1. The molecule has 0 aromatic carbocycles. The largest absolute Gasteiger partial charge is 0.476 e. The molecule has 0 spiro atoms. The first-order valence-electron chi connectivity index (χ1n) is 6.30. The van der Waals surface area contributed by atoms with Crippen molar-refractivity contribution in [3.05, 3.63) is 67.0 Å². The van der Waals surface area contributed by atoms with Crippen LogP contribution in [0.5, 0.6) is 0 Å². The molecule has 0 atom stereocenters. The minimum absolute atomic E-state index is 0.0269.